The first-order valence-corrected chi connectivity index (χ1v) is 12.6. The van der Waals surface area contributed by atoms with Crippen LogP contribution in [0.25, 0.3) is 0 Å². The molecule has 3 aromatic rings. The quantitative estimate of drug-likeness (QED) is 0.270. The number of aliphatic imine (C=N–C) groups is 2. The van der Waals surface area contributed by atoms with Gasteiger partial charge in [-0.1, -0.05) is 36.4 Å². The Morgan fingerprint density at radius 3 is 1.73 bits per heavy atom. The van der Waals surface area contributed by atoms with Crippen LogP contribution in [0.4, 0.5) is 11.4 Å². The molecule has 0 aliphatic rings. The molecule has 0 radical (unpaired) electrons. The number of rotatable bonds is 4. The Hall–Kier alpha value is -1.84. The van der Waals surface area contributed by atoms with Gasteiger partial charge in [-0.2, -0.15) is 0 Å². The van der Waals surface area contributed by atoms with Gasteiger partial charge in [0, 0.05) is 7.05 Å². The Bertz CT molecular complexity index is 1050. The summed E-state index contributed by atoms with van der Waals surface area (Å²) in [5.41, 5.74) is 9.85. The van der Waals surface area contributed by atoms with Gasteiger partial charge in [-0.25, -0.2) is 0 Å². The summed E-state index contributed by atoms with van der Waals surface area (Å²) < 4.78 is 2.17. The van der Waals surface area contributed by atoms with E-state index in [-0.39, 0.29) is 13.1 Å². The molecule has 3 nitrogen and oxygen atoms in total. The Morgan fingerprint density at radius 2 is 1.20 bits per heavy atom. The van der Waals surface area contributed by atoms with Gasteiger partial charge >= 0.3 is 33.3 Å². The molecule has 3 rings (SSSR count). The zero-order chi connectivity index (χ0) is 22.3. The van der Waals surface area contributed by atoms with Crippen LogP contribution in [-0.4, -0.2) is 16.0 Å². The minimum absolute atomic E-state index is 0.194. The third-order valence-electron chi connectivity index (χ3n) is 4.99. The molecule has 1 heterocycles. The van der Waals surface area contributed by atoms with Crippen LogP contribution in [0.3, 0.4) is 0 Å². The summed E-state index contributed by atoms with van der Waals surface area (Å²) in [6, 6.07) is 18.7. The number of para-hydroxylation sites is 2. The molecule has 6 heteroatoms. The third kappa shape index (κ3) is 6.09. The van der Waals surface area contributed by atoms with E-state index in [0.717, 1.165) is 34.2 Å². The summed E-state index contributed by atoms with van der Waals surface area (Å²) >= 11 is 0.194. The Morgan fingerprint density at radius 1 is 0.733 bits per heavy atom. The van der Waals surface area contributed by atoms with Gasteiger partial charge in [-0.15, -0.1) is 0 Å². The van der Waals surface area contributed by atoms with Crippen LogP contribution in [0.2, 0.25) is 0 Å². The van der Waals surface area contributed by atoms with Crippen molar-refractivity contribution in [2.24, 2.45) is 17.0 Å². The van der Waals surface area contributed by atoms with Crippen LogP contribution < -0.4 is 0 Å². The second kappa shape index (κ2) is 11.5. The molecule has 0 unspecified atom stereocenters. The van der Waals surface area contributed by atoms with Crippen LogP contribution in [0.15, 0.2) is 64.6 Å². The molecule has 0 saturated heterocycles. The zero-order valence-electron chi connectivity index (χ0n) is 18.1. The summed E-state index contributed by atoms with van der Waals surface area (Å²) in [5, 5.41) is 0. The molecule has 160 valence electrons. The van der Waals surface area contributed by atoms with Gasteiger partial charge < -0.3 is 4.57 Å². The van der Waals surface area contributed by atoms with Gasteiger partial charge in [0.2, 0.25) is 0 Å². The Balaban J connectivity index is 0.00000101. The van der Waals surface area contributed by atoms with Crippen LogP contribution in [0.1, 0.15) is 41.9 Å². The van der Waals surface area contributed by atoms with Crippen molar-refractivity contribution in [3.63, 3.8) is 0 Å². The number of halogens is 2. The van der Waals surface area contributed by atoms with E-state index in [0.29, 0.717) is 0 Å². The van der Waals surface area contributed by atoms with Crippen LogP contribution in [0.5, 0.6) is 0 Å². The van der Waals surface area contributed by atoms with Crippen molar-refractivity contribution in [3.05, 3.63) is 82.7 Å². The standard InChI is InChI=1S/C24H27N3.2ClH.Fe/c1-16-10-7-8-13-21(16)25-19(4)22-14-15-23(27(22)6)20(5)26-24-17(2)11-9-12-18(24)3;;;/h7-15H,1-6H3;2*1H;/q;;;+2/p-2. The van der Waals surface area contributed by atoms with Gasteiger partial charge in [-0.3, -0.25) is 9.98 Å². The van der Waals surface area contributed by atoms with Crippen molar-refractivity contribution in [2.75, 3.05) is 0 Å². The van der Waals surface area contributed by atoms with Crippen molar-refractivity contribution in [3.8, 4) is 0 Å². The van der Waals surface area contributed by atoms with E-state index < -0.39 is 0 Å². The summed E-state index contributed by atoms with van der Waals surface area (Å²) in [7, 11) is 11.6. The van der Waals surface area contributed by atoms with Gasteiger partial charge in [0.05, 0.1) is 34.2 Å². The van der Waals surface area contributed by atoms with Crippen molar-refractivity contribution < 1.29 is 13.1 Å². The first-order valence-electron chi connectivity index (χ1n) is 9.54. The van der Waals surface area contributed by atoms with E-state index in [1.807, 2.05) is 12.1 Å². The summed E-state index contributed by atoms with van der Waals surface area (Å²) in [6.45, 7) is 10.4. The average molecular weight is 484 g/mol. The fraction of sp³-hybridized carbons (Fsp3) is 0.250. The number of benzene rings is 2. The third-order valence-corrected chi connectivity index (χ3v) is 4.99. The maximum absolute atomic E-state index is 4.92. The Labute approximate surface area is 194 Å². The van der Waals surface area contributed by atoms with E-state index in [1.54, 1.807) is 0 Å². The van der Waals surface area contributed by atoms with E-state index in [2.05, 4.69) is 88.7 Å². The van der Waals surface area contributed by atoms with E-state index in [4.69, 9.17) is 30.2 Å². The van der Waals surface area contributed by atoms with Crippen molar-refractivity contribution in [1.29, 1.82) is 0 Å². The van der Waals surface area contributed by atoms with Gasteiger partial charge in [-0.05, 0) is 69.5 Å². The maximum atomic E-state index is 4.92. The van der Waals surface area contributed by atoms with Crippen molar-refractivity contribution in [1.82, 2.24) is 4.57 Å². The number of aryl methyl sites for hydroxylation is 3. The normalized spacial score (nSPS) is 12.0. The molecular formula is C24H27Cl2FeN3. The first-order chi connectivity index (χ1) is 14.3. The number of hydrogen-bond acceptors (Lipinski definition) is 2. The van der Waals surface area contributed by atoms with Gasteiger partial charge in [0.25, 0.3) is 0 Å². The second-order valence-electron chi connectivity index (χ2n) is 7.13. The van der Waals surface area contributed by atoms with Crippen LogP contribution in [0, 0.1) is 20.8 Å². The number of aromatic nitrogens is 1. The molecule has 0 atom stereocenters. The second-order valence-corrected chi connectivity index (χ2v) is 8.96. The number of hydrogen-bond donors (Lipinski definition) is 0. The fourth-order valence-corrected chi connectivity index (χ4v) is 3.37. The van der Waals surface area contributed by atoms with E-state index in [1.165, 1.54) is 16.7 Å². The van der Waals surface area contributed by atoms with Crippen LogP contribution in [-0.2, 0) is 20.2 Å². The molecule has 1 aromatic heterocycles. The SMILES string of the molecule is CC(=Nc1ccccc1C)c1ccc(C(C)=Nc2c(C)cccc2C)n1C.[Cl][Fe][Cl]. The molecule has 30 heavy (non-hydrogen) atoms. The Kier molecular flexibility index (Phi) is 9.38. The molecule has 0 N–H and O–H groups in total. The predicted molar refractivity (Wildman–Crippen MR) is 128 cm³/mol. The first kappa shape index (κ1) is 24.4. The van der Waals surface area contributed by atoms with E-state index >= 15 is 0 Å². The molecule has 0 saturated carbocycles. The molecule has 0 aliphatic carbocycles. The summed E-state index contributed by atoms with van der Waals surface area (Å²) in [4.78, 5) is 9.75. The van der Waals surface area contributed by atoms with E-state index in [9.17, 15) is 0 Å². The minimum atomic E-state index is 0.194. The van der Waals surface area contributed by atoms with Gasteiger partial charge in [0.1, 0.15) is 0 Å². The topological polar surface area (TPSA) is 29.6 Å². The average Bonchev–Trinajstić information content (AvgIpc) is 3.09. The van der Waals surface area contributed by atoms with Crippen molar-refractivity contribution >= 4 is 43.0 Å². The summed E-state index contributed by atoms with van der Waals surface area (Å²) in [5.74, 6) is 0. The van der Waals surface area contributed by atoms with Crippen molar-refractivity contribution in [2.45, 2.75) is 34.6 Å². The predicted octanol–water partition coefficient (Wildman–Crippen LogP) is 7.61. The van der Waals surface area contributed by atoms with Crippen LogP contribution >= 0.6 is 20.2 Å². The molecule has 0 bridgehead atoms. The molecule has 2 aromatic carbocycles. The fourth-order valence-electron chi connectivity index (χ4n) is 3.37. The summed E-state index contributed by atoms with van der Waals surface area (Å²) in [6.07, 6.45) is 0. The molecule has 0 aliphatic heterocycles. The zero-order valence-corrected chi connectivity index (χ0v) is 20.8. The monoisotopic (exact) mass is 483 g/mol. The molecule has 0 fully saturated rings. The number of nitrogens with zero attached hydrogens (tertiary/aromatic N) is 3. The molecule has 0 spiro atoms. The van der Waals surface area contributed by atoms with Gasteiger partial charge in [0.15, 0.2) is 0 Å². The molecule has 0 amide bonds. The molecular weight excluding hydrogens is 457 g/mol.